The van der Waals surface area contributed by atoms with Crippen LogP contribution in [0.3, 0.4) is 0 Å². The van der Waals surface area contributed by atoms with Crippen molar-refractivity contribution in [3.8, 4) is 0 Å². The van der Waals surface area contributed by atoms with E-state index in [2.05, 4.69) is 38.3 Å². The van der Waals surface area contributed by atoms with E-state index < -0.39 is 13.0 Å². The Morgan fingerprint density at radius 3 is 2.31 bits per heavy atom. The number of hydrogen-bond donors (Lipinski definition) is 0. The zero-order chi connectivity index (χ0) is 22.8. The molecule has 0 saturated carbocycles. The first-order chi connectivity index (χ1) is 15.6. The van der Waals surface area contributed by atoms with Crippen molar-refractivity contribution in [1.82, 2.24) is 9.80 Å². The minimum atomic E-state index is -2.62. The maximum atomic E-state index is 13.7. The van der Waals surface area contributed by atoms with E-state index in [0.717, 1.165) is 0 Å². The molecular formula is C21H29F2N7O2. The highest BCUT2D eigenvalue weighted by atomic mass is 19.3. The number of benzene rings is 1. The van der Waals surface area contributed by atoms with Crippen molar-refractivity contribution in [2.24, 2.45) is 20.0 Å². The maximum Gasteiger partial charge on any atom is 0.256 e. The summed E-state index contributed by atoms with van der Waals surface area (Å²) in [7, 11) is 0. The van der Waals surface area contributed by atoms with Crippen LogP contribution in [0, 0.1) is 0 Å². The van der Waals surface area contributed by atoms with Crippen molar-refractivity contribution < 1.29 is 18.3 Å². The first-order valence-electron chi connectivity index (χ1n) is 10.5. The van der Waals surface area contributed by atoms with Gasteiger partial charge in [0.1, 0.15) is 0 Å². The highest BCUT2D eigenvalue weighted by Crippen LogP contribution is 2.29. The van der Waals surface area contributed by atoms with Gasteiger partial charge in [0.05, 0.1) is 51.0 Å². The third kappa shape index (κ3) is 6.62. The molecule has 0 radical (unpaired) electrons. The van der Waals surface area contributed by atoms with Crippen molar-refractivity contribution in [2.75, 3.05) is 70.7 Å². The van der Waals surface area contributed by atoms with Gasteiger partial charge < -0.3 is 19.3 Å². The van der Waals surface area contributed by atoms with E-state index in [1.165, 1.54) is 4.90 Å². The fourth-order valence-corrected chi connectivity index (χ4v) is 3.40. The average Bonchev–Trinajstić information content (AvgIpc) is 2.84. The molecule has 0 amide bonds. The molecule has 0 aromatic heterocycles. The summed E-state index contributed by atoms with van der Waals surface area (Å²) in [5.41, 5.74) is 0.902. The van der Waals surface area contributed by atoms with Gasteiger partial charge in [-0.25, -0.2) is 18.8 Å². The van der Waals surface area contributed by atoms with Crippen molar-refractivity contribution in [1.29, 1.82) is 0 Å². The van der Waals surface area contributed by atoms with Gasteiger partial charge in [0, 0.05) is 26.2 Å². The number of para-hydroxylation sites is 2. The molecule has 3 rings (SSSR count). The fourth-order valence-electron chi connectivity index (χ4n) is 3.40. The normalized spacial score (nSPS) is 18.7. The molecule has 0 unspecified atom stereocenters. The van der Waals surface area contributed by atoms with Gasteiger partial charge in [-0.1, -0.05) is 12.1 Å². The van der Waals surface area contributed by atoms with E-state index in [1.807, 2.05) is 4.90 Å². The number of anilines is 1. The molecule has 0 bridgehead atoms. The van der Waals surface area contributed by atoms with E-state index in [0.29, 0.717) is 76.6 Å². The molecule has 9 nitrogen and oxygen atoms in total. The lowest BCUT2D eigenvalue weighted by Gasteiger charge is -2.30. The molecule has 1 aromatic carbocycles. The topological polar surface area (TPSA) is 77.6 Å². The monoisotopic (exact) mass is 449 g/mol. The summed E-state index contributed by atoms with van der Waals surface area (Å²) in [6.45, 7) is 11.7. The highest BCUT2D eigenvalue weighted by molar-refractivity contribution is 6.05. The number of hydrogen-bond acceptors (Lipinski definition) is 5. The van der Waals surface area contributed by atoms with Crippen molar-refractivity contribution in [3.05, 3.63) is 24.3 Å². The molecule has 2 aliphatic rings. The number of guanidine groups is 2. The zero-order valence-corrected chi connectivity index (χ0v) is 18.1. The van der Waals surface area contributed by atoms with E-state index in [9.17, 15) is 8.78 Å². The Morgan fingerprint density at radius 1 is 1.03 bits per heavy atom. The van der Waals surface area contributed by atoms with Gasteiger partial charge in [0.25, 0.3) is 6.43 Å². The molecular weight excluding hydrogens is 420 g/mol. The quantitative estimate of drug-likeness (QED) is 0.491. The summed E-state index contributed by atoms with van der Waals surface area (Å²) < 4.78 is 38.1. The highest BCUT2D eigenvalue weighted by Gasteiger charge is 2.23. The number of alkyl halides is 2. The Hall–Kier alpha value is -2.76. The molecule has 0 aliphatic carbocycles. The number of morpholine rings is 2. The second-order valence-corrected chi connectivity index (χ2v) is 7.15. The molecule has 0 N–H and O–H groups in total. The molecule has 1 aromatic rings. The number of nitrogens with zero attached hydrogens (tertiary/aromatic N) is 7. The summed E-state index contributed by atoms with van der Waals surface area (Å²) >= 11 is 0. The van der Waals surface area contributed by atoms with Gasteiger partial charge in [0.15, 0.2) is 0 Å². The first kappa shape index (κ1) is 23.9. The van der Waals surface area contributed by atoms with Gasteiger partial charge >= 0.3 is 0 Å². The van der Waals surface area contributed by atoms with Crippen LogP contribution in [0.5, 0.6) is 0 Å². The molecule has 0 spiro atoms. The summed E-state index contributed by atoms with van der Waals surface area (Å²) in [6, 6.07) is 6.92. The number of rotatable bonds is 6. The van der Waals surface area contributed by atoms with Crippen LogP contribution >= 0.6 is 0 Å². The summed E-state index contributed by atoms with van der Waals surface area (Å²) in [5.74, 6) is 0.430. The Kier molecular flexibility index (Phi) is 9.20. The van der Waals surface area contributed by atoms with Crippen molar-refractivity contribution >= 4 is 36.7 Å². The zero-order valence-electron chi connectivity index (χ0n) is 18.1. The van der Waals surface area contributed by atoms with Crippen LogP contribution in [-0.2, 0) is 9.47 Å². The van der Waals surface area contributed by atoms with Gasteiger partial charge in [-0.05, 0) is 25.6 Å². The lowest BCUT2D eigenvalue weighted by Crippen LogP contribution is -2.42. The molecule has 2 heterocycles. The molecule has 2 fully saturated rings. The standard InChI is InChI=1S/C21H29F2N7O2/c1-24-17-5-3-4-6-18(17)30(15-19(22)23)21(26-16-28-7-11-31-12-8-28)27-20(25-2)29-9-13-32-14-10-29/h3-6,19H,1-2,7-16H2. The van der Waals surface area contributed by atoms with Gasteiger partial charge in [-0.3, -0.25) is 9.89 Å². The van der Waals surface area contributed by atoms with Crippen LogP contribution in [0.25, 0.3) is 0 Å². The van der Waals surface area contributed by atoms with Crippen LogP contribution in [0.2, 0.25) is 0 Å². The summed E-state index contributed by atoms with van der Waals surface area (Å²) in [4.78, 5) is 22.6. The molecule has 0 atom stereocenters. The average molecular weight is 450 g/mol. The van der Waals surface area contributed by atoms with Gasteiger partial charge in [-0.15, -0.1) is 0 Å². The number of aliphatic imine (C=N–C) groups is 4. The molecule has 11 heteroatoms. The van der Waals surface area contributed by atoms with Gasteiger partial charge in [0.2, 0.25) is 11.9 Å². The van der Waals surface area contributed by atoms with Crippen molar-refractivity contribution in [2.45, 2.75) is 6.43 Å². The maximum absolute atomic E-state index is 13.7. The van der Waals surface area contributed by atoms with E-state index in [4.69, 9.17) is 9.47 Å². The Balaban J connectivity index is 2.01. The number of halogens is 2. The molecule has 174 valence electrons. The van der Waals surface area contributed by atoms with E-state index in [1.54, 1.807) is 24.3 Å². The second kappa shape index (κ2) is 12.3. The van der Waals surface area contributed by atoms with Crippen molar-refractivity contribution in [3.63, 3.8) is 0 Å². The Bertz CT molecular complexity index is 822. The minimum absolute atomic E-state index is 0.113. The third-order valence-electron chi connectivity index (χ3n) is 5.06. The fraction of sp³-hybridized carbons (Fsp3) is 0.524. The van der Waals surface area contributed by atoms with E-state index in [-0.39, 0.29) is 5.96 Å². The van der Waals surface area contributed by atoms with Crippen LogP contribution < -0.4 is 4.90 Å². The van der Waals surface area contributed by atoms with Gasteiger partial charge in [-0.2, -0.15) is 4.99 Å². The van der Waals surface area contributed by atoms with Crippen LogP contribution in [0.1, 0.15) is 0 Å². The van der Waals surface area contributed by atoms with E-state index >= 15 is 0 Å². The van der Waals surface area contributed by atoms with Crippen LogP contribution in [0.15, 0.2) is 44.2 Å². The lowest BCUT2D eigenvalue weighted by atomic mass is 10.2. The SMILES string of the molecule is C=NC(=NC(=NCN1CCOCC1)N(CC(F)F)c1ccccc1N=C)N1CCOCC1. The largest absolute Gasteiger partial charge is 0.379 e. The molecule has 2 saturated heterocycles. The van der Waals surface area contributed by atoms with Crippen LogP contribution in [-0.4, -0.2) is 107 Å². The Morgan fingerprint density at radius 2 is 1.69 bits per heavy atom. The lowest BCUT2D eigenvalue weighted by molar-refractivity contribution is 0.0394. The summed E-state index contributed by atoms with van der Waals surface area (Å²) in [6.07, 6.45) is -2.62. The Labute approximate surface area is 186 Å². The molecule has 32 heavy (non-hydrogen) atoms. The first-order valence-corrected chi connectivity index (χ1v) is 10.5. The third-order valence-corrected chi connectivity index (χ3v) is 5.06. The minimum Gasteiger partial charge on any atom is -0.379 e. The van der Waals surface area contributed by atoms with Crippen LogP contribution in [0.4, 0.5) is 20.2 Å². The smallest absolute Gasteiger partial charge is 0.256 e. The number of ether oxygens (including phenoxy) is 2. The predicted molar refractivity (Wildman–Crippen MR) is 123 cm³/mol. The second-order valence-electron chi connectivity index (χ2n) is 7.15. The molecule has 2 aliphatic heterocycles. The summed E-state index contributed by atoms with van der Waals surface area (Å²) in [5, 5.41) is 0. The predicted octanol–water partition coefficient (Wildman–Crippen LogP) is 2.12.